The summed E-state index contributed by atoms with van der Waals surface area (Å²) in [6.07, 6.45) is -0.661. The third kappa shape index (κ3) is 3.60. The summed E-state index contributed by atoms with van der Waals surface area (Å²) in [7, 11) is -3.78. The molecule has 0 amide bonds. The van der Waals surface area contributed by atoms with Crippen molar-refractivity contribution in [2.45, 2.75) is 62.8 Å². The minimum absolute atomic E-state index is 0.0165. The molecule has 10 heteroatoms. The van der Waals surface area contributed by atoms with Crippen LogP contribution in [0.4, 0.5) is 13.2 Å². The number of rotatable bonds is 6. The molecule has 164 valence electrons. The molecule has 0 spiro atoms. The second-order valence-corrected chi connectivity index (χ2v) is 9.69. The first-order valence-corrected chi connectivity index (χ1v) is 11.4. The molecule has 2 heterocycles. The van der Waals surface area contributed by atoms with E-state index >= 15 is 0 Å². The summed E-state index contributed by atoms with van der Waals surface area (Å²) in [5.41, 5.74) is -0.210. The van der Waals surface area contributed by atoms with Gasteiger partial charge in [0, 0.05) is 12.6 Å². The molecule has 1 aromatic carbocycles. The van der Waals surface area contributed by atoms with E-state index in [1.54, 1.807) is 11.6 Å². The van der Waals surface area contributed by atoms with Gasteiger partial charge in [-0.3, -0.25) is 4.68 Å². The second-order valence-electron chi connectivity index (χ2n) is 7.88. The summed E-state index contributed by atoms with van der Waals surface area (Å²) in [5.74, 6) is 0.219. The molecule has 1 aliphatic carbocycles. The second kappa shape index (κ2) is 7.56. The van der Waals surface area contributed by atoms with Crippen molar-refractivity contribution in [1.29, 1.82) is 0 Å². The molecule has 1 saturated carbocycles. The van der Waals surface area contributed by atoms with E-state index in [0.29, 0.717) is 12.2 Å². The smallest absolute Gasteiger partial charge is 0.416 e. The molecule has 0 N–H and O–H groups in total. The largest absolute Gasteiger partial charge is 0.492 e. The molecule has 0 unspecified atom stereocenters. The van der Waals surface area contributed by atoms with Crippen molar-refractivity contribution in [2.75, 3.05) is 6.61 Å². The van der Waals surface area contributed by atoms with Gasteiger partial charge in [0.25, 0.3) is 0 Å². The van der Waals surface area contributed by atoms with Crippen molar-refractivity contribution in [3.05, 3.63) is 41.7 Å². The average molecular weight is 443 g/mol. The maximum atomic E-state index is 13.5. The first-order chi connectivity index (χ1) is 14.1. The average Bonchev–Trinajstić information content (AvgIpc) is 3.40. The maximum Gasteiger partial charge on any atom is 0.416 e. The highest BCUT2D eigenvalue weighted by Gasteiger charge is 2.52. The standard InChI is InChI=1S/C20H24F3N3O3S/c1-3-25-13(2)19(11-24-25)30(27,28)26-16-8-7-14(9-16)18(26)12-29-17-6-4-5-15(10-17)20(21,22)23/h4-6,10-11,14,16,18H,3,7-9,12H2,1-2H3/t14-,16-,18-/m0/s1. The Labute approximate surface area is 173 Å². The van der Waals surface area contributed by atoms with Gasteiger partial charge >= 0.3 is 6.18 Å². The molecule has 30 heavy (non-hydrogen) atoms. The Hall–Kier alpha value is -2.07. The molecule has 2 aliphatic rings. The lowest BCUT2D eigenvalue weighted by Crippen LogP contribution is -2.47. The monoisotopic (exact) mass is 443 g/mol. The summed E-state index contributed by atoms with van der Waals surface area (Å²) in [6.45, 7) is 4.20. The Balaban J connectivity index is 1.58. The first kappa shape index (κ1) is 21.2. The maximum absolute atomic E-state index is 13.5. The molecule has 2 bridgehead atoms. The zero-order chi connectivity index (χ0) is 21.7. The van der Waals surface area contributed by atoms with E-state index in [1.165, 1.54) is 22.6 Å². The Morgan fingerprint density at radius 1 is 1.27 bits per heavy atom. The van der Waals surface area contributed by atoms with Crippen LogP contribution in [0.25, 0.3) is 0 Å². The Bertz CT molecular complexity index is 1040. The summed E-state index contributed by atoms with van der Waals surface area (Å²) in [5, 5.41) is 4.16. The Morgan fingerprint density at radius 2 is 2.03 bits per heavy atom. The van der Waals surface area contributed by atoms with Gasteiger partial charge < -0.3 is 4.74 Å². The SMILES string of the molecule is CCn1ncc(S(=O)(=O)N2[C@H]3CC[C@@H](C3)[C@@H]2COc2cccc(C(F)(F)F)c2)c1C. The van der Waals surface area contributed by atoms with E-state index in [1.807, 2.05) is 6.92 Å². The number of benzene rings is 1. The van der Waals surface area contributed by atoms with Crippen LogP contribution in [-0.2, 0) is 22.7 Å². The van der Waals surface area contributed by atoms with Crippen LogP contribution in [0.3, 0.4) is 0 Å². The van der Waals surface area contributed by atoms with E-state index in [9.17, 15) is 21.6 Å². The molecule has 1 aliphatic heterocycles. The topological polar surface area (TPSA) is 64.4 Å². The minimum atomic E-state index is -4.46. The van der Waals surface area contributed by atoms with Crippen molar-refractivity contribution < 1.29 is 26.3 Å². The third-order valence-electron chi connectivity index (χ3n) is 6.17. The van der Waals surface area contributed by atoms with Gasteiger partial charge in [-0.15, -0.1) is 0 Å². The minimum Gasteiger partial charge on any atom is -0.492 e. The van der Waals surface area contributed by atoms with Gasteiger partial charge in [0.05, 0.1) is 23.5 Å². The van der Waals surface area contributed by atoms with Crippen LogP contribution in [-0.4, -0.2) is 41.2 Å². The van der Waals surface area contributed by atoms with Gasteiger partial charge in [-0.25, -0.2) is 8.42 Å². The van der Waals surface area contributed by atoms with Crippen LogP contribution in [0.15, 0.2) is 35.4 Å². The number of ether oxygens (including phenoxy) is 1. The highest BCUT2D eigenvalue weighted by atomic mass is 32.2. The molecule has 2 aromatic rings. The number of sulfonamides is 1. The highest BCUT2D eigenvalue weighted by Crippen LogP contribution is 2.45. The van der Waals surface area contributed by atoms with Crippen LogP contribution in [0, 0.1) is 12.8 Å². The number of aryl methyl sites for hydroxylation is 1. The van der Waals surface area contributed by atoms with E-state index in [0.717, 1.165) is 31.4 Å². The molecular formula is C20H24F3N3O3S. The lowest BCUT2D eigenvalue weighted by atomic mass is 10.0. The fraction of sp³-hybridized carbons (Fsp3) is 0.550. The predicted molar refractivity (Wildman–Crippen MR) is 104 cm³/mol. The van der Waals surface area contributed by atoms with Gasteiger partial charge in [-0.05, 0) is 57.2 Å². The van der Waals surface area contributed by atoms with Crippen molar-refractivity contribution in [3.63, 3.8) is 0 Å². The molecule has 4 rings (SSSR count). The summed E-state index contributed by atoms with van der Waals surface area (Å²) < 4.78 is 74.6. The number of nitrogens with zero attached hydrogens (tertiary/aromatic N) is 3. The van der Waals surface area contributed by atoms with Crippen LogP contribution in [0.1, 0.15) is 37.4 Å². The summed E-state index contributed by atoms with van der Waals surface area (Å²) >= 11 is 0. The Kier molecular flexibility index (Phi) is 5.34. The van der Waals surface area contributed by atoms with E-state index < -0.39 is 27.8 Å². The number of halogens is 3. The number of aromatic nitrogens is 2. The molecule has 1 saturated heterocycles. The summed E-state index contributed by atoms with van der Waals surface area (Å²) in [4.78, 5) is 0.181. The molecule has 6 nitrogen and oxygen atoms in total. The van der Waals surface area contributed by atoms with Gasteiger partial charge in [0.2, 0.25) is 10.0 Å². The zero-order valence-corrected chi connectivity index (χ0v) is 17.6. The van der Waals surface area contributed by atoms with Crippen LogP contribution >= 0.6 is 0 Å². The fourth-order valence-electron chi connectivity index (χ4n) is 4.69. The molecular weight excluding hydrogens is 419 g/mol. The number of hydrogen-bond donors (Lipinski definition) is 0. The number of fused-ring (bicyclic) bond motifs is 2. The predicted octanol–water partition coefficient (Wildman–Crippen LogP) is 3.85. The van der Waals surface area contributed by atoms with Gasteiger partial charge in [0.1, 0.15) is 17.3 Å². The quantitative estimate of drug-likeness (QED) is 0.680. The van der Waals surface area contributed by atoms with Crippen molar-refractivity contribution in [2.24, 2.45) is 5.92 Å². The van der Waals surface area contributed by atoms with Gasteiger partial charge in [0.15, 0.2) is 0 Å². The normalized spacial score (nSPS) is 24.5. The van der Waals surface area contributed by atoms with Gasteiger partial charge in [-0.1, -0.05) is 6.07 Å². The van der Waals surface area contributed by atoms with E-state index in [-0.39, 0.29) is 29.2 Å². The van der Waals surface area contributed by atoms with Gasteiger partial charge in [-0.2, -0.15) is 22.6 Å². The molecule has 3 atom stereocenters. The summed E-state index contributed by atoms with van der Waals surface area (Å²) in [6, 6.07) is 4.15. The third-order valence-corrected chi connectivity index (χ3v) is 8.25. The van der Waals surface area contributed by atoms with E-state index in [2.05, 4.69) is 5.10 Å². The Morgan fingerprint density at radius 3 is 2.70 bits per heavy atom. The van der Waals surface area contributed by atoms with E-state index in [4.69, 9.17) is 4.74 Å². The van der Waals surface area contributed by atoms with Crippen molar-refractivity contribution in [3.8, 4) is 5.75 Å². The molecule has 0 radical (unpaired) electrons. The lowest BCUT2D eigenvalue weighted by molar-refractivity contribution is -0.137. The number of hydrogen-bond acceptors (Lipinski definition) is 4. The number of alkyl halides is 3. The molecule has 2 fully saturated rings. The zero-order valence-electron chi connectivity index (χ0n) is 16.8. The van der Waals surface area contributed by atoms with Crippen LogP contribution in [0.2, 0.25) is 0 Å². The highest BCUT2D eigenvalue weighted by molar-refractivity contribution is 7.89. The lowest BCUT2D eigenvalue weighted by Gasteiger charge is -2.34. The van der Waals surface area contributed by atoms with Crippen molar-refractivity contribution >= 4 is 10.0 Å². The fourth-order valence-corrected chi connectivity index (χ4v) is 6.75. The van der Waals surface area contributed by atoms with Crippen LogP contribution in [0.5, 0.6) is 5.75 Å². The van der Waals surface area contributed by atoms with Crippen molar-refractivity contribution in [1.82, 2.24) is 14.1 Å². The van der Waals surface area contributed by atoms with Crippen LogP contribution < -0.4 is 4.74 Å². The first-order valence-electron chi connectivity index (χ1n) is 9.99. The molecule has 1 aromatic heterocycles. The number of piperidine rings is 1.